The third-order valence-electron chi connectivity index (χ3n) is 6.19. The number of para-hydroxylation sites is 1. The minimum atomic E-state index is -4.56. The van der Waals surface area contributed by atoms with E-state index in [-0.39, 0.29) is 11.5 Å². The topological polar surface area (TPSA) is 101 Å². The summed E-state index contributed by atoms with van der Waals surface area (Å²) in [7, 11) is 1.46. The Bertz CT molecular complexity index is 1770. The van der Waals surface area contributed by atoms with Gasteiger partial charge in [-0.05, 0) is 66.2 Å². The molecule has 5 aromatic rings. The average Bonchev–Trinajstić information content (AvgIpc) is 3.50. The number of halogens is 3. The maximum atomic E-state index is 13.1. The summed E-state index contributed by atoms with van der Waals surface area (Å²) in [4.78, 5) is 30.9. The molecule has 2 amide bonds. The van der Waals surface area contributed by atoms with Gasteiger partial charge in [-0.25, -0.2) is 0 Å². The first kappa shape index (κ1) is 28.0. The number of carbonyl (C=O) groups is 2. The number of aromatic nitrogens is 3. The van der Waals surface area contributed by atoms with Crippen molar-refractivity contribution < 1.29 is 27.2 Å². The molecule has 0 saturated carbocycles. The van der Waals surface area contributed by atoms with Crippen LogP contribution in [0, 0.1) is 0 Å². The molecule has 0 atom stereocenters. The summed E-state index contributed by atoms with van der Waals surface area (Å²) in [6.07, 6.45) is 1.54. The second-order valence-corrected chi connectivity index (χ2v) is 9.05. The highest BCUT2D eigenvalue weighted by molar-refractivity contribution is 6.06. The maximum absolute atomic E-state index is 13.1. The number of amides is 2. The molecule has 0 unspecified atom stereocenters. The number of nitrogens with zero attached hydrogens (tertiary/aromatic N) is 4. The van der Waals surface area contributed by atoms with E-state index in [1.165, 1.54) is 30.2 Å². The molecule has 8 nitrogen and oxygen atoms in total. The van der Waals surface area contributed by atoms with Crippen molar-refractivity contribution in [1.82, 2.24) is 15.2 Å². The highest BCUT2D eigenvalue weighted by Crippen LogP contribution is 2.31. The van der Waals surface area contributed by atoms with E-state index >= 15 is 0 Å². The molecule has 0 aliphatic heterocycles. The van der Waals surface area contributed by atoms with Gasteiger partial charge in [-0.3, -0.25) is 14.6 Å². The summed E-state index contributed by atoms with van der Waals surface area (Å²) in [5, 5.41) is 11.0. The summed E-state index contributed by atoms with van der Waals surface area (Å²) < 4.78 is 45.1. The SMILES string of the molecule is CN(C(=O)c1cccc(C(F)(F)F)c1)c1cccc(/C=C/C(=O)Nc2ccccc2-c2nnc(-c3ccncc3)o2)c1. The summed E-state index contributed by atoms with van der Waals surface area (Å²) in [6.45, 7) is 0. The number of hydrogen-bond donors (Lipinski definition) is 1. The van der Waals surface area contributed by atoms with Crippen LogP contribution in [0.5, 0.6) is 0 Å². The molecule has 0 fully saturated rings. The number of hydrogen-bond acceptors (Lipinski definition) is 6. The summed E-state index contributed by atoms with van der Waals surface area (Å²) in [5.74, 6) is -0.507. The Morgan fingerprint density at radius 3 is 2.40 bits per heavy atom. The standard InChI is InChI=1S/C31H22F3N5O3/c1-39(30(41)22-7-5-8-23(19-22)31(32,33)34)24-9-4-6-20(18-24)12-13-27(40)36-26-11-3-2-10-25(26)29-38-37-28(42-29)21-14-16-35-17-15-21/h2-19H,1H3,(H,36,40)/b13-12+. The number of benzene rings is 3. The lowest BCUT2D eigenvalue weighted by Crippen LogP contribution is -2.26. The number of anilines is 2. The fourth-order valence-corrected chi connectivity index (χ4v) is 4.04. The Hall–Kier alpha value is -5.58. The molecule has 0 bridgehead atoms. The van der Waals surface area contributed by atoms with Gasteiger partial charge in [0.25, 0.3) is 5.91 Å². The minimum absolute atomic E-state index is 0.0968. The number of alkyl halides is 3. The second kappa shape index (κ2) is 11.9. The number of carbonyl (C=O) groups excluding carboxylic acids is 2. The molecule has 0 spiro atoms. The molecule has 42 heavy (non-hydrogen) atoms. The highest BCUT2D eigenvalue weighted by Gasteiger charge is 2.31. The number of nitrogens with one attached hydrogen (secondary N) is 1. The molecule has 2 heterocycles. The molecule has 210 valence electrons. The number of pyridine rings is 1. The maximum Gasteiger partial charge on any atom is 0.416 e. The normalized spacial score (nSPS) is 11.4. The van der Waals surface area contributed by atoms with Crippen molar-refractivity contribution in [3.8, 4) is 22.9 Å². The van der Waals surface area contributed by atoms with Crippen LogP contribution >= 0.6 is 0 Å². The molecule has 0 radical (unpaired) electrons. The van der Waals surface area contributed by atoms with Crippen LogP contribution in [-0.4, -0.2) is 34.0 Å². The fourth-order valence-electron chi connectivity index (χ4n) is 4.04. The molecule has 5 rings (SSSR count). The van der Waals surface area contributed by atoms with E-state index in [9.17, 15) is 22.8 Å². The summed E-state index contributed by atoms with van der Waals surface area (Å²) in [5.41, 5.74) is 1.73. The third kappa shape index (κ3) is 6.41. The van der Waals surface area contributed by atoms with E-state index in [1.54, 1.807) is 79.1 Å². The quantitative estimate of drug-likeness (QED) is 0.218. The van der Waals surface area contributed by atoms with Crippen molar-refractivity contribution in [2.24, 2.45) is 0 Å². The van der Waals surface area contributed by atoms with Crippen molar-refractivity contribution in [3.63, 3.8) is 0 Å². The van der Waals surface area contributed by atoms with Gasteiger partial charge >= 0.3 is 6.18 Å². The average molecular weight is 570 g/mol. The monoisotopic (exact) mass is 569 g/mol. The van der Waals surface area contributed by atoms with Crippen molar-refractivity contribution in [2.75, 3.05) is 17.3 Å². The predicted molar refractivity (Wildman–Crippen MR) is 151 cm³/mol. The summed E-state index contributed by atoms with van der Waals surface area (Å²) in [6, 6.07) is 21.4. The molecule has 0 aliphatic rings. The Kier molecular flexibility index (Phi) is 7.91. The van der Waals surface area contributed by atoms with Crippen molar-refractivity contribution in [3.05, 3.63) is 120 Å². The van der Waals surface area contributed by atoms with Crippen molar-refractivity contribution in [2.45, 2.75) is 6.18 Å². The lowest BCUT2D eigenvalue weighted by molar-refractivity contribution is -0.137. The first-order chi connectivity index (χ1) is 20.2. The Morgan fingerprint density at radius 1 is 0.881 bits per heavy atom. The van der Waals surface area contributed by atoms with Crippen LogP contribution in [0.15, 0.2) is 108 Å². The third-order valence-corrected chi connectivity index (χ3v) is 6.19. The van der Waals surface area contributed by atoms with Crippen LogP contribution in [0.2, 0.25) is 0 Å². The van der Waals surface area contributed by atoms with Crippen LogP contribution in [0.4, 0.5) is 24.5 Å². The molecule has 3 aromatic carbocycles. The Balaban J connectivity index is 1.29. The van der Waals surface area contributed by atoms with E-state index < -0.39 is 23.6 Å². The van der Waals surface area contributed by atoms with Crippen LogP contribution in [0.3, 0.4) is 0 Å². The van der Waals surface area contributed by atoms with Crippen LogP contribution in [0.1, 0.15) is 21.5 Å². The van der Waals surface area contributed by atoms with Gasteiger partial charge in [-0.1, -0.05) is 30.3 Å². The lowest BCUT2D eigenvalue weighted by atomic mass is 10.1. The Labute approximate surface area is 238 Å². The molecule has 2 aromatic heterocycles. The van der Waals surface area contributed by atoms with Crippen LogP contribution in [-0.2, 0) is 11.0 Å². The summed E-state index contributed by atoms with van der Waals surface area (Å²) >= 11 is 0. The molecular weight excluding hydrogens is 547 g/mol. The van der Waals surface area contributed by atoms with Crippen LogP contribution in [0.25, 0.3) is 29.0 Å². The van der Waals surface area contributed by atoms with Crippen molar-refractivity contribution >= 4 is 29.3 Å². The molecule has 1 N–H and O–H groups in total. The van der Waals surface area contributed by atoms with Gasteiger partial charge in [-0.15, -0.1) is 10.2 Å². The van der Waals surface area contributed by atoms with Gasteiger partial charge in [0.15, 0.2) is 0 Å². The number of rotatable bonds is 7. The minimum Gasteiger partial charge on any atom is -0.416 e. The van der Waals surface area contributed by atoms with E-state index in [1.807, 2.05) is 0 Å². The van der Waals surface area contributed by atoms with Crippen LogP contribution < -0.4 is 10.2 Å². The highest BCUT2D eigenvalue weighted by atomic mass is 19.4. The second-order valence-electron chi connectivity index (χ2n) is 9.05. The largest absolute Gasteiger partial charge is 0.416 e. The van der Waals surface area contributed by atoms with Gasteiger partial charge in [0.2, 0.25) is 17.7 Å². The molecular formula is C31H22F3N5O3. The zero-order valence-corrected chi connectivity index (χ0v) is 22.0. The van der Waals surface area contributed by atoms with Gasteiger partial charge in [0, 0.05) is 42.3 Å². The van der Waals surface area contributed by atoms with E-state index in [0.29, 0.717) is 34.0 Å². The zero-order valence-electron chi connectivity index (χ0n) is 22.0. The zero-order chi connectivity index (χ0) is 29.7. The lowest BCUT2D eigenvalue weighted by Gasteiger charge is -2.18. The first-order valence-electron chi connectivity index (χ1n) is 12.6. The molecule has 0 saturated heterocycles. The molecule has 0 aliphatic carbocycles. The smallest absolute Gasteiger partial charge is 0.416 e. The van der Waals surface area contributed by atoms with Gasteiger partial charge in [0.05, 0.1) is 16.8 Å². The molecule has 11 heteroatoms. The van der Waals surface area contributed by atoms with Gasteiger partial charge in [-0.2, -0.15) is 13.2 Å². The Morgan fingerprint density at radius 2 is 1.62 bits per heavy atom. The van der Waals surface area contributed by atoms with Crippen molar-refractivity contribution in [1.29, 1.82) is 0 Å². The van der Waals surface area contributed by atoms with E-state index in [2.05, 4.69) is 20.5 Å². The van der Waals surface area contributed by atoms with Gasteiger partial charge < -0.3 is 14.6 Å². The predicted octanol–water partition coefficient (Wildman–Crippen LogP) is 6.75. The van der Waals surface area contributed by atoms with Gasteiger partial charge in [0.1, 0.15) is 0 Å². The first-order valence-corrected chi connectivity index (χ1v) is 12.6. The van der Waals surface area contributed by atoms with E-state index in [4.69, 9.17) is 4.42 Å². The van der Waals surface area contributed by atoms with E-state index in [0.717, 1.165) is 12.1 Å². The fraction of sp³-hybridized carbons (Fsp3) is 0.0645.